The second-order valence-corrected chi connectivity index (χ2v) is 5.35. The van der Waals surface area contributed by atoms with Crippen LogP contribution in [0.4, 0.5) is 11.4 Å². The van der Waals surface area contributed by atoms with Crippen molar-refractivity contribution in [2.75, 3.05) is 11.9 Å². The summed E-state index contributed by atoms with van der Waals surface area (Å²) >= 11 is 3.24. The average molecular weight is 335 g/mol. The van der Waals surface area contributed by atoms with Crippen molar-refractivity contribution in [3.63, 3.8) is 0 Å². The lowest BCUT2D eigenvalue weighted by molar-refractivity contribution is -0.384. The van der Waals surface area contributed by atoms with E-state index in [1.165, 1.54) is 11.6 Å². The van der Waals surface area contributed by atoms with Gasteiger partial charge in [0.25, 0.3) is 5.69 Å². The summed E-state index contributed by atoms with van der Waals surface area (Å²) in [6.07, 6.45) is 1.88. The van der Waals surface area contributed by atoms with E-state index in [9.17, 15) is 10.1 Å². The molecule has 20 heavy (non-hydrogen) atoms. The van der Waals surface area contributed by atoms with Crippen LogP contribution in [0.2, 0.25) is 0 Å². The summed E-state index contributed by atoms with van der Waals surface area (Å²) in [6, 6.07) is 15.2. The lowest BCUT2D eigenvalue weighted by Crippen LogP contribution is -2.05. The Morgan fingerprint density at radius 2 is 1.90 bits per heavy atom. The van der Waals surface area contributed by atoms with Gasteiger partial charge in [0, 0.05) is 17.1 Å². The molecule has 0 saturated heterocycles. The number of hydrogen-bond acceptors (Lipinski definition) is 3. The lowest BCUT2D eigenvalue weighted by Gasteiger charge is -2.07. The van der Waals surface area contributed by atoms with Gasteiger partial charge >= 0.3 is 0 Å². The van der Waals surface area contributed by atoms with Gasteiger partial charge in [-0.3, -0.25) is 10.1 Å². The third-order valence-corrected chi connectivity index (χ3v) is 3.45. The van der Waals surface area contributed by atoms with Gasteiger partial charge in [-0.15, -0.1) is 0 Å². The summed E-state index contributed by atoms with van der Waals surface area (Å²) in [5.74, 6) is 0. The van der Waals surface area contributed by atoms with Gasteiger partial charge in [0.2, 0.25) is 0 Å². The first-order valence-corrected chi connectivity index (χ1v) is 7.18. The first-order chi connectivity index (χ1) is 9.66. The maximum Gasteiger partial charge on any atom is 0.293 e. The number of hydrogen-bond donors (Lipinski definition) is 1. The molecule has 5 heteroatoms. The van der Waals surface area contributed by atoms with Crippen molar-refractivity contribution in [3.05, 3.63) is 68.7 Å². The van der Waals surface area contributed by atoms with Gasteiger partial charge < -0.3 is 5.32 Å². The largest absolute Gasteiger partial charge is 0.379 e. The van der Waals surface area contributed by atoms with Crippen molar-refractivity contribution >= 4 is 27.3 Å². The number of nitro benzene ring substituents is 1. The highest BCUT2D eigenvalue weighted by Gasteiger charge is 2.13. The molecule has 2 aromatic carbocycles. The number of nitrogens with one attached hydrogen (secondary N) is 1. The van der Waals surface area contributed by atoms with E-state index in [2.05, 4.69) is 33.4 Å². The number of nitro groups is 1. The third-order valence-electron chi connectivity index (χ3n) is 2.96. The first kappa shape index (κ1) is 14.5. The molecule has 0 aliphatic carbocycles. The Morgan fingerprint density at radius 1 is 1.15 bits per heavy atom. The van der Waals surface area contributed by atoms with Gasteiger partial charge in [0.15, 0.2) is 0 Å². The Kier molecular flexibility index (Phi) is 5.12. The van der Waals surface area contributed by atoms with Crippen LogP contribution >= 0.6 is 15.9 Å². The Hall–Kier alpha value is -1.88. The van der Waals surface area contributed by atoms with Crippen LogP contribution in [0.1, 0.15) is 12.0 Å². The molecule has 0 aromatic heterocycles. The SMILES string of the molecule is O=[N+]([O-])c1cc(Br)ccc1NCCCc1ccccc1. The summed E-state index contributed by atoms with van der Waals surface area (Å²) in [6.45, 7) is 0.706. The van der Waals surface area contributed by atoms with Gasteiger partial charge in [-0.05, 0) is 30.5 Å². The van der Waals surface area contributed by atoms with Crippen molar-refractivity contribution in [2.45, 2.75) is 12.8 Å². The molecule has 4 nitrogen and oxygen atoms in total. The van der Waals surface area contributed by atoms with E-state index in [0.717, 1.165) is 12.8 Å². The van der Waals surface area contributed by atoms with E-state index in [1.54, 1.807) is 12.1 Å². The highest BCUT2D eigenvalue weighted by Crippen LogP contribution is 2.27. The van der Waals surface area contributed by atoms with E-state index in [1.807, 2.05) is 18.2 Å². The molecule has 0 bridgehead atoms. The second kappa shape index (κ2) is 7.05. The second-order valence-electron chi connectivity index (χ2n) is 4.43. The van der Waals surface area contributed by atoms with Crippen molar-refractivity contribution in [1.29, 1.82) is 0 Å². The summed E-state index contributed by atoms with van der Waals surface area (Å²) in [5, 5.41) is 14.1. The minimum atomic E-state index is -0.371. The third kappa shape index (κ3) is 4.06. The van der Waals surface area contributed by atoms with Crippen molar-refractivity contribution < 1.29 is 4.92 Å². The van der Waals surface area contributed by atoms with Gasteiger partial charge in [0.05, 0.1) is 4.92 Å². The normalized spacial score (nSPS) is 10.2. The highest BCUT2D eigenvalue weighted by atomic mass is 79.9. The molecule has 0 fully saturated rings. The number of anilines is 1. The molecule has 0 heterocycles. The highest BCUT2D eigenvalue weighted by molar-refractivity contribution is 9.10. The molecule has 0 spiro atoms. The number of halogens is 1. The zero-order valence-electron chi connectivity index (χ0n) is 10.9. The quantitative estimate of drug-likeness (QED) is 0.483. The molecule has 0 radical (unpaired) electrons. The molecule has 2 rings (SSSR count). The monoisotopic (exact) mass is 334 g/mol. The standard InChI is InChI=1S/C15H15BrN2O2/c16-13-8-9-14(15(11-13)18(19)20)17-10-4-7-12-5-2-1-3-6-12/h1-3,5-6,8-9,11,17H,4,7,10H2. The Morgan fingerprint density at radius 3 is 2.60 bits per heavy atom. The molecule has 1 N–H and O–H groups in total. The van der Waals surface area contributed by atoms with Crippen LogP contribution in [-0.4, -0.2) is 11.5 Å². The number of benzene rings is 2. The number of nitrogens with zero attached hydrogens (tertiary/aromatic N) is 1. The maximum absolute atomic E-state index is 11.0. The van der Waals surface area contributed by atoms with Gasteiger partial charge in [-0.25, -0.2) is 0 Å². The van der Waals surface area contributed by atoms with E-state index in [-0.39, 0.29) is 10.6 Å². The van der Waals surface area contributed by atoms with Gasteiger partial charge in [0.1, 0.15) is 5.69 Å². The Balaban J connectivity index is 1.90. The van der Waals surface area contributed by atoms with Crippen molar-refractivity contribution in [1.82, 2.24) is 0 Å². The van der Waals surface area contributed by atoms with E-state index >= 15 is 0 Å². The molecule has 0 aliphatic heterocycles. The summed E-state index contributed by atoms with van der Waals surface area (Å²) < 4.78 is 0.707. The fourth-order valence-corrected chi connectivity index (χ4v) is 2.31. The topological polar surface area (TPSA) is 55.2 Å². The predicted octanol–water partition coefficient (Wildman–Crippen LogP) is 4.40. The summed E-state index contributed by atoms with van der Waals surface area (Å²) in [4.78, 5) is 10.6. The number of aryl methyl sites for hydroxylation is 1. The zero-order chi connectivity index (χ0) is 14.4. The van der Waals surface area contributed by atoms with Crippen LogP contribution in [0.25, 0.3) is 0 Å². The summed E-state index contributed by atoms with van der Waals surface area (Å²) in [7, 11) is 0. The van der Waals surface area contributed by atoms with Crippen LogP contribution in [0.15, 0.2) is 53.0 Å². The van der Waals surface area contributed by atoms with E-state index in [0.29, 0.717) is 16.7 Å². The lowest BCUT2D eigenvalue weighted by atomic mass is 10.1. The number of rotatable bonds is 6. The van der Waals surface area contributed by atoms with Crippen molar-refractivity contribution in [3.8, 4) is 0 Å². The molecular formula is C15H15BrN2O2. The fraction of sp³-hybridized carbons (Fsp3) is 0.200. The smallest absolute Gasteiger partial charge is 0.293 e. The zero-order valence-corrected chi connectivity index (χ0v) is 12.5. The minimum Gasteiger partial charge on any atom is -0.379 e. The molecule has 2 aromatic rings. The van der Waals surface area contributed by atoms with Crippen molar-refractivity contribution in [2.24, 2.45) is 0 Å². The predicted molar refractivity (Wildman–Crippen MR) is 84.0 cm³/mol. The van der Waals surface area contributed by atoms with Crippen LogP contribution < -0.4 is 5.32 Å². The van der Waals surface area contributed by atoms with Crippen LogP contribution in [0.5, 0.6) is 0 Å². The molecule has 0 atom stereocenters. The summed E-state index contributed by atoms with van der Waals surface area (Å²) in [5.41, 5.74) is 1.94. The fourth-order valence-electron chi connectivity index (χ4n) is 1.97. The minimum absolute atomic E-state index is 0.0964. The van der Waals surface area contributed by atoms with E-state index < -0.39 is 0 Å². The van der Waals surface area contributed by atoms with Crippen LogP contribution in [0, 0.1) is 10.1 Å². The van der Waals surface area contributed by atoms with Crippen LogP contribution in [0.3, 0.4) is 0 Å². The Labute approximate surface area is 126 Å². The molecule has 0 unspecified atom stereocenters. The molecule has 0 amide bonds. The van der Waals surface area contributed by atoms with Gasteiger partial charge in [-0.2, -0.15) is 0 Å². The van der Waals surface area contributed by atoms with E-state index in [4.69, 9.17) is 0 Å². The first-order valence-electron chi connectivity index (χ1n) is 6.38. The molecular weight excluding hydrogens is 320 g/mol. The van der Waals surface area contributed by atoms with Crippen LogP contribution in [-0.2, 0) is 6.42 Å². The van der Waals surface area contributed by atoms with Gasteiger partial charge in [-0.1, -0.05) is 46.3 Å². The Bertz CT molecular complexity index is 588. The molecule has 0 aliphatic rings. The average Bonchev–Trinajstić information content (AvgIpc) is 2.45. The molecule has 0 saturated carbocycles. The maximum atomic E-state index is 11.0. The molecule has 104 valence electrons.